The van der Waals surface area contributed by atoms with Crippen LogP contribution < -0.4 is 0 Å². The Balaban J connectivity index is 1.82. The molecule has 0 aromatic heterocycles. The fraction of sp³-hybridized carbons (Fsp3) is 0.778. The van der Waals surface area contributed by atoms with Gasteiger partial charge in [-0.2, -0.15) is 12.2 Å². The van der Waals surface area contributed by atoms with Crippen molar-refractivity contribution in [2.45, 2.75) is 70.3 Å². The predicted octanol–water partition coefficient (Wildman–Crippen LogP) is 3.58. The fourth-order valence-corrected chi connectivity index (χ4v) is 5.68. The van der Waals surface area contributed by atoms with Gasteiger partial charge in [-0.25, -0.2) is 0 Å². The molecule has 2 aliphatic heterocycles. The number of rotatable bonds is 10. The molecule has 2 rings (SSSR count). The Bertz CT molecular complexity index is 569. The highest BCUT2D eigenvalue weighted by Gasteiger charge is 2.36. The lowest BCUT2D eigenvalue weighted by molar-refractivity contribution is -0.131. The van der Waals surface area contributed by atoms with Crippen LogP contribution in [0.4, 0.5) is 0 Å². The van der Waals surface area contributed by atoms with Crippen LogP contribution in [0.25, 0.3) is 0 Å². The number of thiocarbonyl (C=S) groups is 1. The molecule has 1 radical (unpaired) electrons. The number of carbonyl (C=O) groups excluding carboxylic acids is 1. The largest absolute Gasteiger partial charge is 0.434 e. The van der Waals surface area contributed by atoms with Gasteiger partial charge in [0.2, 0.25) is 5.91 Å². The first kappa shape index (κ1) is 24.6. The monoisotopic (exact) mass is 462 g/mol. The Morgan fingerprint density at radius 3 is 2.93 bits per heavy atom. The lowest BCUT2D eigenvalue weighted by Gasteiger charge is -2.33. The van der Waals surface area contributed by atoms with Crippen molar-refractivity contribution in [3.63, 3.8) is 0 Å². The summed E-state index contributed by atoms with van der Waals surface area (Å²) in [4.78, 5) is 14.4. The van der Waals surface area contributed by atoms with Crippen LogP contribution in [-0.2, 0) is 14.2 Å². The van der Waals surface area contributed by atoms with Gasteiger partial charge in [-0.05, 0) is 25.2 Å². The maximum atomic E-state index is 12.7. The highest BCUT2D eigenvalue weighted by atomic mass is 32.7. The summed E-state index contributed by atoms with van der Waals surface area (Å²) < 4.78 is 12.1. The second kappa shape index (κ2) is 12.3. The van der Waals surface area contributed by atoms with Crippen LogP contribution in [0.5, 0.6) is 0 Å². The van der Waals surface area contributed by atoms with E-state index in [-0.39, 0.29) is 30.6 Å². The summed E-state index contributed by atoms with van der Waals surface area (Å²) in [5.41, 5.74) is 1.12. The highest BCUT2D eigenvalue weighted by Crippen LogP contribution is 2.31. The van der Waals surface area contributed by atoms with Gasteiger partial charge in [-0.15, -0.1) is 0 Å². The van der Waals surface area contributed by atoms with E-state index < -0.39 is 6.10 Å². The number of thiol groups is 1. The molecule has 5 nitrogen and oxygen atoms in total. The molecule has 1 N–H and O–H groups in total. The van der Waals surface area contributed by atoms with E-state index in [1.165, 1.54) is 0 Å². The van der Waals surface area contributed by atoms with Crippen LogP contribution in [0.2, 0.25) is 0 Å². The first-order valence-corrected chi connectivity index (χ1v) is 13.4. The van der Waals surface area contributed by atoms with Crippen LogP contribution in [0.3, 0.4) is 0 Å². The van der Waals surface area contributed by atoms with Gasteiger partial charge in [0.05, 0.1) is 24.7 Å². The number of aliphatic hydroxyl groups excluding tert-OH is 1. The van der Waals surface area contributed by atoms with Crippen LogP contribution >= 0.6 is 43.9 Å². The zero-order valence-electron chi connectivity index (χ0n) is 16.5. The molecule has 2 aliphatic rings. The molecule has 0 bridgehead atoms. The average Bonchev–Trinajstić information content (AvgIpc) is 3.00. The summed E-state index contributed by atoms with van der Waals surface area (Å²) >= 11 is 11.0. The number of ether oxygens (including phenoxy) is 1. The lowest BCUT2D eigenvalue weighted by Crippen LogP contribution is -2.43. The summed E-state index contributed by atoms with van der Waals surface area (Å²) in [5, 5.41) is 10.5. The topological polar surface area (TPSA) is 59.0 Å². The molecule has 0 spiro atoms. The van der Waals surface area contributed by atoms with E-state index in [2.05, 4.69) is 32.7 Å². The maximum absolute atomic E-state index is 12.7. The number of carbonyl (C=O) groups is 1. The molecule has 2 fully saturated rings. The standard InChI is InChI=1S/C18H30BNO4PS3/c1-11(2)16-10-28-18(26)20(16)17(22)9-13(21)8-15-7-12(3)6-14(24-15)4-5-23-19-25-27/h11,13-16,21,25,27H,3-10H2,1-2H3/t13-,14+,15-,16+/m1/s1. The second-order valence-corrected chi connectivity index (χ2v) is 10.6. The minimum Gasteiger partial charge on any atom is -0.434 e. The van der Waals surface area contributed by atoms with Gasteiger partial charge < -0.3 is 14.5 Å². The molecular weight excluding hydrogens is 432 g/mol. The molecule has 10 heteroatoms. The van der Waals surface area contributed by atoms with E-state index in [9.17, 15) is 9.90 Å². The number of hydrogen-bond acceptors (Lipinski definition) is 7. The molecule has 1 amide bonds. The van der Waals surface area contributed by atoms with Gasteiger partial charge in [0, 0.05) is 24.8 Å². The zero-order chi connectivity index (χ0) is 20.7. The van der Waals surface area contributed by atoms with Crippen molar-refractivity contribution in [2.75, 3.05) is 12.4 Å². The average molecular weight is 462 g/mol. The van der Waals surface area contributed by atoms with Crippen molar-refractivity contribution in [1.29, 1.82) is 0 Å². The van der Waals surface area contributed by atoms with Gasteiger partial charge in [0.1, 0.15) is 4.32 Å². The molecule has 5 atom stereocenters. The molecule has 0 aliphatic carbocycles. The van der Waals surface area contributed by atoms with Crippen LogP contribution in [0.15, 0.2) is 12.2 Å². The molecule has 2 heterocycles. The molecule has 0 aromatic rings. The Kier molecular flexibility index (Phi) is 10.8. The smallest absolute Gasteiger partial charge is 0.332 e. The van der Waals surface area contributed by atoms with E-state index >= 15 is 0 Å². The maximum Gasteiger partial charge on any atom is 0.332 e. The molecule has 157 valence electrons. The Labute approximate surface area is 185 Å². The Morgan fingerprint density at radius 1 is 1.54 bits per heavy atom. The molecule has 28 heavy (non-hydrogen) atoms. The number of thioether (sulfide) groups is 1. The highest BCUT2D eigenvalue weighted by molar-refractivity contribution is 8.46. The minimum atomic E-state index is -0.750. The molecule has 0 saturated carbocycles. The first-order chi connectivity index (χ1) is 13.3. The summed E-state index contributed by atoms with van der Waals surface area (Å²) in [6.07, 6.45) is 1.97. The van der Waals surface area contributed by atoms with Crippen LogP contribution in [0.1, 0.15) is 46.0 Å². The normalized spacial score (nSPS) is 27.2. The summed E-state index contributed by atoms with van der Waals surface area (Å²) in [6, 6.07) is 0.113. The second-order valence-electron chi connectivity index (χ2n) is 7.69. The van der Waals surface area contributed by atoms with E-state index in [4.69, 9.17) is 21.6 Å². The lowest BCUT2D eigenvalue weighted by atomic mass is 9.94. The van der Waals surface area contributed by atoms with Gasteiger partial charge in [-0.1, -0.05) is 57.6 Å². The molecule has 2 saturated heterocycles. The van der Waals surface area contributed by atoms with Crippen molar-refractivity contribution in [1.82, 2.24) is 4.90 Å². The Morgan fingerprint density at radius 2 is 2.25 bits per heavy atom. The van der Waals surface area contributed by atoms with Gasteiger partial charge in [0.15, 0.2) is 0 Å². The summed E-state index contributed by atoms with van der Waals surface area (Å²) in [5.74, 6) is 1.07. The number of nitrogens with zero attached hydrogens (tertiary/aromatic N) is 1. The Hall–Kier alpha value is 0.375. The fourth-order valence-electron chi connectivity index (χ4n) is 3.60. The van der Waals surface area contributed by atoms with Crippen molar-refractivity contribution in [2.24, 2.45) is 5.92 Å². The van der Waals surface area contributed by atoms with E-state index in [1.54, 1.807) is 23.9 Å². The SMILES string of the molecule is C=C1C[C@H](C[C@@H](O)CC(=O)N2C(=S)SC[C@H]2C(C)C)O[C@@H](CCO[B]PS)C1. The van der Waals surface area contributed by atoms with Gasteiger partial charge >= 0.3 is 7.20 Å². The molecular formula is C18H30BNO4PS3. The first-order valence-electron chi connectivity index (χ1n) is 9.63. The predicted molar refractivity (Wildman–Crippen MR) is 126 cm³/mol. The quantitative estimate of drug-likeness (QED) is 0.129. The van der Waals surface area contributed by atoms with Crippen molar-refractivity contribution in [3.05, 3.63) is 12.2 Å². The van der Waals surface area contributed by atoms with Crippen molar-refractivity contribution in [3.8, 4) is 0 Å². The summed E-state index contributed by atoms with van der Waals surface area (Å²) in [6.45, 7) is 8.88. The van der Waals surface area contributed by atoms with Crippen LogP contribution in [0, 0.1) is 5.92 Å². The third kappa shape index (κ3) is 7.57. The van der Waals surface area contributed by atoms with E-state index in [0.29, 0.717) is 30.9 Å². The molecule has 0 aromatic carbocycles. The number of aliphatic hydroxyl groups is 1. The summed E-state index contributed by atoms with van der Waals surface area (Å²) in [7, 11) is 2.06. The van der Waals surface area contributed by atoms with Gasteiger partial charge in [0.25, 0.3) is 0 Å². The van der Waals surface area contributed by atoms with E-state index in [1.807, 2.05) is 0 Å². The van der Waals surface area contributed by atoms with E-state index in [0.717, 1.165) is 30.6 Å². The van der Waals surface area contributed by atoms with Crippen molar-refractivity contribution < 1.29 is 19.3 Å². The number of amides is 1. The van der Waals surface area contributed by atoms with Crippen LogP contribution in [-0.4, -0.2) is 64.1 Å². The van der Waals surface area contributed by atoms with Gasteiger partial charge in [-0.3, -0.25) is 9.69 Å². The molecule has 1 unspecified atom stereocenters. The number of hydrogen-bond donors (Lipinski definition) is 2. The third-order valence-corrected chi connectivity index (χ3v) is 7.09. The minimum absolute atomic E-state index is 0.0404. The third-order valence-electron chi connectivity index (χ3n) is 5.00. The van der Waals surface area contributed by atoms with Crippen molar-refractivity contribution >= 4 is 61.3 Å². The zero-order valence-corrected chi connectivity index (χ0v) is 20.0.